The van der Waals surface area contributed by atoms with Crippen molar-refractivity contribution in [3.8, 4) is 0 Å². The monoisotopic (exact) mass is 373 g/mol. The number of anilines is 2. The SMILES string of the molecule is CO[C@@H](C)C(=O)Nc1cccc(NC(=O)[C@H]2CC(=O)N(C3CCCC3)C2)c1. The summed E-state index contributed by atoms with van der Waals surface area (Å²) in [5, 5.41) is 5.62. The molecular formula is C20H27N3O4. The zero-order chi connectivity index (χ0) is 19.4. The minimum atomic E-state index is -0.561. The van der Waals surface area contributed by atoms with Gasteiger partial charge in [0.15, 0.2) is 0 Å². The minimum Gasteiger partial charge on any atom is -0.372 e. The average molecular weight is 373 g/mol. The van der Waals surface area contributed by atoms with Gasteiger partial charge in [-0.05, 0) is 38.0 Å². The van der Waals surface area contributed by atoms with Crippen LogP contribution in [0.4, 0.5) is 11.4 Å². The molecule has 146 valence electrons. The Morgan fingerprint density at radius 2 is 1.85 bits per heavy atom. The highest BCUT2D eigenvalue weighted by Crippen LogP contribution is 2.30. The second kappa shape index (κ2) is 8.52. The van der Waals surface area contributed by atoms with Crippen molar-refractivity contribution < 1.29 is 19.1 Å². The zero-order valence-electron chi connectivity index (χ0n) is 15.9. The van der Waals surface area contributed by atoms with Crippen molar-refractivity contribution >= 4 is 29.1 Å². The number of carbonyl (C=O) groups excluding carboxylic acids is 3. The van der Waals surface area contributed by atoms with Crippen LogP contribution in [-0.4, -0.2) is 48.4 Å². The third kappa shape index (κ3) is 4.66. The summed E-state index contributed by atoms with van der Waals surface area (Å²) < 4.78 is 4.99. The summed E-state index contributed by atoms with van der Waals surface area (Å²) in [4.78, 5) is 38.7. The van der Waals surface area contributed by atoms with Crippen LogP contribution in [0, 0.1) is 5.92 Å². The molecule has 0 radical (unpaired) electrons. The van der Waals surface area contributed by atoms with Crippen LogP contribution in [0.3, 0.4) is 0 Å². The summed E-state index contributed by atoms with van der Waals surface area (Å²) in [6.07, 6.45) is 4.11. The van der Waals surface area contributed by atoms with Gasteiger partial charge < -0.3 is 20.3 Å². The number of benzene rings is 1. The van der Waals surface area contributed by atoms with Crippen LogP contribution in [0.25, 0.3) is 0 Å². The van der Waals surface area contributed by atoms with Gasteiger partial charge in [0.2, 0.25) is 11.8 Å². The van der Waals surface area contributed by atoms with Crippen molar-refractivity contribution in [2.45, 2.75) is 51.2 Å². The lowest BCUT2D eigenvalue weighted by Crippen LogP contribution is -2.35. The lowest BCUT2D eigenvalue weighted by molar-refractivity contribution is -0.130. The van der Waals surface area contributed by atoms with E-state index in [0.29, 0.717) is 24.0 Å². The smallest absolute Gasteiger partial charge is 0.253 e. The number of amides is 3. The first kappa shape index (κ1) is 19.4. The van der Waals surface area contributed by atoms with E-state index < -0.39 is 6.10 Å². The molecule has 2 fully saturated rings. The number of ether oxygens (including phenoxy) is 1. The average Bonchev–Trinajstić information content (AvgIpc) is 3.30. The number of hydrogen-bond donors (Lipinski definition) is 2. The molecule has 0 aromatic heterocycles. The van der Waals surface area contributed by atoms with Gasteiger partial charge in [0, 0.05) is 37.5 Å². The minimum absolute atomic E-state index is 0.0802. The van der Waals surface area contributed by atoms with Crippen LogP contribution in [0.5, 0.6) is 0 Å². The van der Waals surface area contributed by atoms with E-state index >= 15 is 0 Å². The largest absolute Gasteiger partial charge is 0.372 e. The Bertz CT molecular complexity index is 715. The molecular weight excluding hydrogens is 346 g/mol. The van der Waals surface area contributed by atoms with E-state index in [4.69, 9.17) is 4.74 Å². The molecule has 0 unspecified atom stereocenters. The molecule has 2 N–H and O–H groups in total. The Hall–Kier alpha value is -2.41. The van der Waals surface area contributed by atoms with Crippen LogP contribution >= 0.6 is 0 Å². The molecule has 3 amide bonds. The van der Waals surface area contributed by atoms with Crippen LogP contribution in [0.1, 0.15) is 39.0 Å². The molecule has 1 aromatic carbocycles. The van der Waals surface area contributed by atoms with Crippen LogP contribution in [-0.2, 0) is 19.1 Å². The molecule has 0 spiro atoms. The molecule has 1 aliphatic carbocycles. The summed E-state index contributed by atoms with van der Waals surface area (Å²) in [6, 6.07) is 7.27. The number of rotatable bonds is 6. The fourth-order valence-electron chi connectivity index (χ4n) is 3.75. The molecule has 7 heteroatoms. The van der Waals surface area contributed by atoms with Crippen molar-refractivity contribution in [3.05, 3.63) is 24.3 Å². The molecule has 2 atom stereocenters. The maximum Gasteiger partial charge on any atom is 0.253 e. The Labute approximate surface area is 159 Å². The number of carbonyl (C=O) groups is 3. The van der Waals surface area contributed by atoms with E-state index in [2.05, 4.69) is 10.6 Å². The van der Waals surface area contributed by atoms with Gasteiger partial charge in [0.05, 0.1) is 5.92 Å². The fourth-order valence-corrected chi connectivity index (χ4v) is 3.75. The van der Waals surface area contributed by atoms with Crippen molar-refractivity contribution in [3.63, 3.8) is 0 Å². The molecule has 3 rings (SSSR count). The van der Waals surface area contributed by atoms with Gasteiger partial charge in [0.1, 0.15) is 6.10 Å². The van der Waals surface area contributed by atoms with Gasteiger partial charge >= 0.3 is 0 Å². The quantitative estimate of drug-likeness (QED) is 0.801. The highest BCUT2D eigenvalue weighted by atomic mass is 16.5. The lowest BCUT2D eigenvalue weighted by atomic mass is 10.1. The van der Waals surface area contributed by atoms with Crippen LogP contribution < -0.4 is 10.6 Å². The highest BCUT2D eigenvalue weighted by Gasteiger charge is 2.38. The summed E-state index contributed by atoms with van der Waals surface area (Å²) in [6.45, 7) is 2.16. The Kier molecular flexibility index (Phi) is 6.11. The molecule has 0 bridgehead atoms. The lowest BCUT2D eigenvalue weighted by Gasteiger charge is -2.23. The van der Waals surface area contributed by atoms with Crippen molar-refractivity contribution in [1.29, 1.82) is 0 Å². The van der Waals surface area contributed by atoms with E-state index in [1.54, 1.807) is 31.2 Å². The molecule has 1 heterocycles. The van der Waals surface area contributed by atoms with E-state index in [1.165, 1.54) is 7.11 Å². The van der Waals surface area contributed by atoms with Gasteiger partial charge in [0.25, 0.3) is 5.91 Å². The number of methoxy groups -OCH3 is 1. The third-order valence-electron chi connectivity index (χ3n) is 5.42. The molecule has 1 saturated carbocycles. The van der Waals surface area contributed by atoms with Gasteiger partial charge in [-0.25, -0.2) is 0 Å². The van der Waals surface area contributed by atoms with E-state index in [0.717, 1.165) is 25.7 Å². The predicted molar refractivity (Wildman–Crippen MR) is 102 cm³/mol. The third-order valence-corrected chi connectivity index (χ3v) is 5.42. The topological polar surface area (TPSA) is 87.7 Å². The van der Waals surface area contributed by atoms with E-state index in [-0.39, 0.29) is 30.1 Å². The molecule has 2 aliphatic rings. The zero-order valence-corrected chi connectivity index (χ0v) is 15.9. The van der Waals surface area contributed by atoms with E-state index in [9.17, 15) is 14.4 Å². The normalized spacial score (nSPS) is 21.3. The van der Waals surface area contributed by atoms with Crippen LogP contribution in [0.2, 0.25) is 0 Å². The number of nitrogens with one attached hydrogen (secondary N) is 2. The number of nitrogens with zero attached hydrogens (tertiary/aromatic N) is 1. The van der Waals surface area contributed by atoms with Crippen molar-refractivity contribution in [1.82, 2.24) is 4.90 Å². The number of likely N-dealkylation sites (tertiary alicyclic amines) is 1. The first-order chi connectivity index (χ1) is 13.0. The summed E-state index contributed by atoms with van der Waals surface area (Å²) in [5.41, 5.74) is 1.17. The van der Waals surface area contributed by atoms with Gasteiger partial charge in [-0.3, -0.25) is 14.4 Å². The molecule has 1 saturated heterocycles. The summed E-state index contributed by atoms with van der Waals surface area (Å²) >= 11 is 0. The maximum absolute atomic E-state index is 12.6. The molecule has 1 aromatic rings. The van der Waals surface area contributed by atoms with Crippen molar-refractivity contribution in [2.24, 2.45) is 5.92 Å². The second-order valence-electron chi connectivity index (χ2n) is 7.32. The standard InChI is InChI=1S/C20H27N3O4/c1-13(27-2)19(25)21-15-6-5-7-16(11-15)22-20(26)14-10-18(24)23(12-14)17-8-3-4-9-17/h5-7,11,13-14,17H,3-4,8-10,12H2,1-2H3,(H,21,25)(H,22,26)/t13-,14-/m0/s1. The second-order valence-corrected chi connectivity index (χ2v) is 7.32. The fraction of sp³-hybridized carbons (Fsp3) is 0.550. The summed E-state index contributed by atoms with van der Waals surface area (Å²) in [5.74, 6) is -0.659. The Morgan fingerprint density at radius 3 is 2.52 bits per heavy atom. The maximum atomic E-state index is 12.6. The Balaban J connectivity index is 1.58. The van der Waals surface area contributed by atoms with E-state index in [1.807, 2.05) is 4.90 Å². The first-order valence-electron chi connectivity index (χ1n) is 9.52. The van der Waals surface area contributed by atoms with Gasteiger partial charge in [-0.15, -0.1) is 0 Å². The summed E-state index contributed by atoms with van der Waals surface area (Å²) in [7, 11) is 1.47. The van der Waals surface area contributed by atoms with Gasteiger partial charge in [-0.2, -0.15) is 0 Å². The van der Waals surface area contributed by atoms with Crippen LogP contribution in [0.15, 0.2) is 24.3 Å². The first-order valence-corrected chi connectivity index (χ1v) is 9.52. The van der Waals surface area contributed by atoms with Gasteiger partial charge in [-0.1, -0.05) is 18.9 Å². The molecule has 7 nitrogen and oxygen atoms in total. The highest BCUT2D eigenvalue weighted by molar-refractivity contribution is 5.98. The molecule has 27 heavy (non-hydrogen) atoms. The number of hydrogen-bond acceptors (Lipinski definition) is 4. The predicted octanol–water partition coefficient (Wildman–Crippen LogP) is 2.39. The molecule has 1 aliphatic heterocycles. The Morgan fingerprint density at radius 1 is 1.19 bits per heavy atom. The van der Waals surface area contributed by atoms with Crippen molar-refractivity contribution in [2.75, 3.05) is 24.3 Å².